The summed E-state index contributed by atoms with van der Waals surface area (Å²) in [6.07, 6.45) is 0. The largest absolute Gasteiger partial charge is 0.468 e. The van der Waals surface area contributed by atoms with Gasteiger partial charge in [-0.05, 0) is 31.2 Å². The van der Waals surface area contributed by atoms with Crippen molar-refractivity contribution >= 4 is 28.8 Å². The Hall–Kier alpha value is -3.01. The van der Waals surface area contributed by atoms with Crippen molar-refractivity contribution in [3.8, 4) is 11.4 Å². The molecule has 0 saturated heterocycles. The van der Waals surface area contributed by atoms with Gasteiger partial charge in [0.1, 0.15) is 21.5 Å². The number of hydrogen-bond acceptors (Lipinski definition) is 7. The number of rotatable bonds is 4. The predicted molar refractivity (Wildman–Crippen MR) is 103 cm³/mol. The first-order chi connectivity index (χ1) is 13.2. The van der Waals surface area contributed by atoms with Gasteiger partial charge in [-0.2, -0.15) is 0 Å². The molecule has 0 saturated carbocycles. The summed E-state index contributed by atoms with van der Waals surface area (Å²) in [7, 11) is 4.12. The third-order valence-electron chi connectivity index (χ3n) is 4.19. The number of carbonyl (C=O) groups is 1. The maximum atomic E-state index is 13.3. The van der Waals surface area contributed by atoms with Crippen LogP contribution >= 0.6 is 11.8 Å². The van der Waals surface area contributed by atoms with Crippen molar-refractivity contribution in [3.05, 3.63) is 50.9 Å². The summed E-state index contributed by atoms with van der Waals surface area (Å²) in [4.78, 5) is 45.7. The lowest BCUT2D eigenvalue weighted by molar-refractivity contribution is -0.139. The Labute approximate surface area is 163 Å². The maximum absolute atomic E-state index is 13.3. The number of ether oxygens (including phenoxy) is 1. The van der Waals surface area contributed by atoms with Gasteiger partial charge in [-0.25, -0.2) is 19.2 Å². The molecule has 2 aromatic heterocycles. The van der Waals surface area contributed by atoms with Crippen molar-refractivity contribution in [1.29, 1.82) is 0 Å². The topological polar surface area (TPSA) is 96.1 Å². The Balaban J connectivity index is 2.33. The predicted octanol–water partition coefficient (Wildman–Crippen LogP) is 1.49. The highest BCUT2D eigenvalue weighted by atomic mass is 32.2. The van der Waals surface area contributed by atoms with E-state index in [4.69, 9.17) is 4.74 Å². The van der Waals surface area contributed by atoms with E-state index in [9.17, 15) is 18.8 Å². The zero-order chi connectivity index (χ0) is 20.6. The molecule has 0 aliphatic heterocycles. The number of methoxy groups -OCH3 is 1. The van der Waals surface area contributed by atoms with Gasteiger partial charge in [-0.15, -0.1) is 0 Å². The maximum Gasteiger partial charge on any atom is 0.332 e. The van der Waals surface area contributed by atoms with E-state index < -0.39 is 28.3 Å². The first kappa shape index (κ1) is 19.7. The molecule has 8 nitrogen and oxygen atoms in total. The molecular weight excluding hydrogens is 387 g/mol. The van der Waals surface area contributed by atoms with Gasteiger partial charge in [-0.1, -0.05) is 11.8 Å². The second-order valence-corrected chi connectivity index (χ2v) is 7.38. The Morgan fingerprint density at radius 1 is 1.14 bits per heavy atom. The van der Waals surface area contributed by atoms with Gasteiger partial charge in [0.2, 0.25) is 0 Å². The van der Waals surface area contributed by atoms with E-state index in [1.165, 1.54) is 50.0 Å². The smallest absolute Gasteiger partial charge is 0.332 e. The Kier molecular flexibility index (Phi) is 5.32. The number of hydrogen-bond donors (Lipinski definition) is 0. The fourth-order valence-electron chi connectivity index (χ4n) is 2.62. The van der Waals surface area contributed by atoms with Gasteiger partial charge < -0.3 is 4.74 Å². The zero-order valence-electron chi connectivity index (χ0n) is 15.6. The minimum Gasteiger partial charge on any atom is -0.468 e. The lowest BCUT2D eigenvalue weighted by atomic mass is 10.2. The summed E-state index contributed by atoms with van der Waals surface area (Å²) in [6, 6.07) is 5.51. The van der Waals surface area contributed by atoms with Crippen LogP contribution in [-0.4, -0.2) is 37.4 Å². The average molecular weight is 404 g/mol. The van der Waals surface area contributed by atoms with Crippen LogP contribution in [0.5, 0.6) is 0 Å². The fraction of sp³-hybridized carbons (Fsp3) is 0.278. The third-order valence-corrected chi connectivity index (χ3v) is 5.26. The van der Waals surface area contributed by atoms with Crippen molar-refractivity contribution in [2.24, 2.45) is 14.1 Å². The van der Waals surface area contributed by atoms with Crippen molar-refractivity contribution < 1.29 is 13.9 Å². The second kappa shape index (κ2) is 7.55. The van der Waals surface area contributed by atoms with Crippen molar-refractivity contribution in [1.82, 2.24) is 19.1 Å². The minimum atomic E-state index is -0.647. The number of halogens is 1. The van der Waals surface area contributed by atoms with Crippen LogP contribution < -0.4 is 11.2 Å². The number of carbonyl (C=O) groups excluding carboxylic acids is 1. The number of esters is 1. The highest BCUT2D eigenvalue weighted by molar-refractivity contribution is 8.00. The number of aromatic nitrogens is 4. The normalized spacial score (nSPS) is 12.2. The molecule has 3 aromatic rings. The Bertz CT molecular complexity index is 1190. The zero-order valence-corrected chi connectivity index (χ0v) is 16.4. The summed E-state index contributed by atoms with van der Waals surface area (Å²) in [5.41, 5.74) is -0.479. The summed E-state index contributed by atoms with van der Waals surface area (Å²) in [5.74, 6) is -0.697. The number of fused-ring (bicyclic) bond motifs is 1. The molecule has 3 rings (SSSR count). The molecule has 28 heavy (non-hydrogen) atoms. The molecule has 1 atom stereocenters. The Morgan fingerprint density at radius 2 is 1.79 bits per heavy atom. The molecule has 0 spiro atoms. The quantitative estimate of drug-likeness (QED) is 0.369. The number of nitrogens with zero attached hydrogens (tertiary/aromatic N) is 4. The number of benzene rings is 1. The Morgan fingerprint density at radius 3 is 2.39 bits per heavy atom. The molecule has 10 heteroatoms. The van der Waals surface area contributed by atoms with Crippen LogP contribution in [-0.2, 0) is 23.6 Å². The van der Waals surface area contributed by atoms with E-state index in [2.05, 4.69) is 9.97 Å². The number of thioether (sulfide) groups is 1. The molecule has 0 N–H and O–H groups in total. The van der Waals surface area contributed by atoms with Gasteiger partial charge in [0.05, 0.1) is 7.11 Å². The second-order valence-electron chi connectivity index (χ2n) is 6.05. The molecule has 146 valence electrons. The van der Waals surface area contributed by atoms with Crippen molar-refractivity contribution in [2.45, 2.75) is 17.2 Å². The first-order valence-corrected chi connectivity index (χ1v) is 9.10. The summed E-state index contributed by atoms with van der Waals surface area (Å²) in [5, 5.41) is -0.291. The van der Waals surface area contributed by atoms with E-state index in [0.717, 1.165) is 16.3 Å². The van der Waals surface area contributed by atoms with E-state index in [1.807, 2.05) is 0 Å². The molecule has 0 amide bonds. The minimum absolute atomic E-state index is 0.121. The van der Waals surface area contributed by atoms with E-state index in [-0.39, 0.29) is 21.9 Å². The van der Waals surface area contributed by atoms with E-state index in [0.29, 0.717) is 5.56 Å². The van der Waals surface area contributed by atoms with Crippen molar-refractivity contribution in [3.63, 3.8) is 0 Å². The molecule has 1 aromatic carbocycles. The monoisotopic (exact) mass is 404 g/mol. The number of aryl methyl sites for hydroxylation is 1. The lowest BCUT2D eigenvalue weighted by Gasteiger charge is -2.14. The van der Waals surface area contributed by atoms with Crippen LogP contribution in [0.4, 0.5) is 4.39 Å². The molecule has 0 aliphatic rings. The van der Waals surface area contributed by atoms with Gasteiger partial charge in [0.15, 0.2) is 11.5 Å². The highest BCUT2D eigenvalue weighted by Crippen LogP contribution is 2.29. The molecule has 0 aliphatic carbocycles. The molecule has 0 bridgehead atoms. The lowest BCUT2D eigenvalue weighted by Crippen LogP contribution is -2.37. The fourth-order valence-corrected chi connectivity index (χ4v) is 3.59. The highest BCUT2D eigenvalue weighted by Gasteiger charge is 2.22. The van der Waals surface area contributed by atoms with Crippen LogP contribution in [0.3, 0.4) is 0 Å². The van der Waals surface area contributed by atoms with Crippen LogP contribution in [0.25, 0.3) is 22.4 Å². The summed E-state index contributed by atoms with van der Waals surface area (Å²) < 4.78 is 20.2. The molecule has 0 fully saturated rings. The SMILES string of the molecule is COC(=O)C(C)Sc1nc(-c2ccc(F)cc2)nc2c1c(=O)n(C)c(=O)n2C. The van der Waals surface area contributed by atoms with Crippen LogP contribution in [0, 0.1) is 5.82 Å². The summed E-state index contributed by atoms with van der Waals surface area (Å²) >= 11 is 1.03. The average Bonchev–Trinajstić information content (AvgIpc) is 2.69. The molecular formula is C18H17FN4O4S. The van der Waals surface area contributed by atoms with Crippen LogP contribution in [0.15, 0.2) is 38.9 Å². The van der Waals surface area contributed by atoms with E-state index in [1.54, 1.807) is 6.92 Å². The van der Waals surface area contributed by atoms with Gasteiger partial charge in [-0.3, -0.25) is 18.7 Å². The van der Waals surface area contributed by atoms with Crippen LogP contribution in [0.1, 0.15) is 6.92 Å². The van der Waals surface area contributed by atoms with Gasteiger partial charge in [0, 0.05) is 19.7 Å². The first-order valence-electron chi connectivity index (χ1n) is 8.22. The van der Waals surface area contributed by atoms with E-state index >= 15 is 0 Å². The standard InChI is InChI=1S/C18H17FN4O4S/c1-9(17(25)27-4)28-15-12-14(22(2)18(26)23(3)16(12)24)20-13(21-15)10-5-7-11(19)8-6-10/h5-9H,1-4H3. The van der Waals surface area contributed by atoms with Crippen molar-refractivity contribution in [2.75, 3.05) is 7.11 Å². The van der Waals surface area contributed by atoms with Gasteiger partial charge in [0.25, 0.3) is 5.56 Å². The van der Waals surface area contributed by atoms with Crippen LogP contribution in [0.2, 0.25) is 0 Å². The van der Waals surface area contributed by atoms with Gasteiger partial charge >= 0.3 is 11.7 Å². The molecule has 2 heterocycles. The summed E-state index contributed by atoms with van der Waals surface area (Å²) in [6.45, 7) is 1.62. The molecule has 1 unspecified atom stereocenters. The molecule has 0 radical (unpaired) electrons. The third kappa shape index (κ3) is 3.42.